The smallest absolute Gasteiger partial charge is 0.410 e. The van der Waals surface area contributed by atoms with Gasteiger partial charge in [0.2, 0.25) is 15.9 Å². The number of sulfonamides is 1. The summed E-state index contributed by atoms with van der Waals surface area (Å²) in [5, 5.41) is 3.09. The van der Waals surface area contributed by atoms with Crippen molar-refractivity contribution >= 4 is 27.7 Å². The molecule has 1 heterocycles. The maximum atomic E-state index is 12.7. The summed E-state index contributed by atoms with van der Waals surface area (Å²) in [5.41, 5.74) is 1.77. The van der Waals surface area contributed by atoms with E-state index in [1.54, 1.807) is 21.9 Å². The molecule has 0 aliphatic carbocycles. The topological polar surface area (TPSA) is 99.3 Å². The van der Waals surface area contributed by atoms with Gasteiger partial charge in [-0.2, -0.15) is 0 Å². The SMILES string of the molecule is Cc1cc(S(=O)(=O)N(C)C)cc(NCC(=O)N2CCN(C(=O)OC(C)(C)C)CC2)c1C. The third-order valence-electron chi connectivity index (χ3n) is 5.13. The summed E-state index contributed by atoms with van der Waals surface area (Å²) in [5.74, 6) is -0.109. The maximum Gasteiger partial charge on any atom is 0.410 e. The molecule has 10 heteroatoms. The third kappa shape index (κ3) is 6.33. The van der Waals surface area contributed by atoms with Crippen LogP contribution in [0.2, 0.25) is 0 Å². The lowest BCUT2D eigenvalue weighted by Crippen LogP contribution is -2.52. The van der Waals surface area contributed by atoms with E-state index in [4.69, 9.17) is 4.74 Å². The molecule has 0 aromatic heterocycles. The molecule has 1 saturated heterocycles. The quantitative estimate of drug-likeness (QED) is 0.731. The van der Waals surface area contributed by atoms with E-state index in [1.807, 2.05) is 34.6 Å². The number of anilines is 1. The summed E-state index contributed by atoms with van der Waals surface area (Å²) in [6, 6.07) is 3.19. The lowest BCUT2D eigenvalue weighted by molar-refractivity contribution is -0.131. The highest BCUT2D eigenvalue weighted by Crippen LogP contribution is 2.25. The Morgan fingerprint density at radius 2 is 1.61 bits per heavy atom. The molecule has 1 aromatic rings. The Morgan fingerprint density at radius 1 is 1.06 bits per heavy atom. The number of aryl methyl sites for hydroxylation is 1. The first kappa shape index (κ1) is 24.9. The Bertz CT molecular complexity index is 930. The molecule has 1 fully saturated rings. The molecule has 0 saturated carbocycles. The number of nitrogens with zero attached hydrogens (tertiary/aromatic N) is 3. The summed E-state index contributed by atoms with van der Waals surface area (Å²) in [6.45, 7) is 10.9. The average molecular weight is 455 g/mol. The average Bonchev–Trinajstić information content (AvgIpc) is 2.67. The molecule has 2 rings (SSSR count). The molecule has 0 atom stereocenters. The molecule has 1 aliphatic rings. The van der Waals surface area contributed by atoms with Gasteiger partial charge in [-0.25, -0.2) is 17.5 Å². The summed E-state index contributed by atoms with van der Waals surface area (Å²) in [7, 11) is -0.608. The Hall–Kier alpha value is -2.33. The highest BCUT2D eigenvalue weighted by Gasteiger charge is 2.27. The predicted molar refractivity (Wildman–Crippen MR) is 120 cm³/mol. The largest absolute Gasteiger partial charge is 0.444 e. The van der Waals surface area contributed by atoms with E-state index in [-0.39, 0.29) is 23.4 Å². The minimum atomic E-state index is -3.58. The van der Waals surface area contributed by atoms with Crippen LogP contribution in [-0.2, 0) is 19.6 Å². The molecule has 174 valence electrons. The van der Waals surface area contributed by atoms with Gasteiger partial charge in [0.1, 0.15) is 5.60 Å². The van der Waals surface area contributed by atoms with Crippen LogP contribution in [0.15, 0.2) is 17.0 Å². The number of carbonyl (C=O) groups is 2. The van der Waals surface area contributed by atoms with Gasteiger partial charge in [0.25, 0.3) is 0 Å². The van der Waals surface area contributed by atoms with Gasteiger partial charge in [0.05, 0.1) is 11.4 Å². The molecule has 0 unspecified atom stereocenters. The highest BCUT2D eigenvalue weighted by atomic mass is 32.2. The number of benzene rings is 1. The second-order valence-corrected chi connectivity index (χ2v) is 11.1. The number of ether oxygens (including phenoxy) is 1. The Morgan fingerprint density at radius 3 is 2.13 bits per heavy atom. The zero-order valence-corrected chi connectivity index (χ0v) is 20.3. The Balaban J connectivity index is 1.99. The molecule has 9 nitrogen and oxygen atoms in total. The molecule has 2 amide bonds. The van der Waals surface area contributed by atoms with E-state index in [9.17, 15) is 18.0 Å². The summed E-state index contributed by atoms with van der Waals surface area (Å²) >= 11 is 0. The monoisotopic (exact) mass is 454 g/mol. The van der Waals surface area contributed by atoms with Crippen LogP contribution in [0.25, 0.3) is 0 Å². The van der Waals surface area contributed by atoms with Gasteiger partial charge < -0.3 is 19.9 Å². The molecule has 1 N–H and O–H groups in total. The highest BCUT2D eigenvalue weighted by molar-refractivity contribution is 7.89. The van der Waals surface area contributed by atoms with Crippen LogP contribution in [0.1, 0.15) is 31.9 Å². The summed E-state index contributed by atoms with van der Waals surface area (Å²) in [6.07, 6.45) is -0.372. The van der Waals surface area contributed by atoms with Crippen LogP contribution in [0, 0.1) is 13.8 Å². The first-order valence-electron chi connectivity index (χ1n) is 10.3. The lowest BCUT2D eigenvalue weighted by atomic mass is 10.1. The number of piperazine rings is 1. The minimum Gasteiger partial charge on any atom is -0.444 e. The molecular formula is C21H34N4O5S. The van der Waals surface area contributed by atoms with E-state index >= 15 is 0 Å². The van der Waals surface area contributed by atoms with E-state index in [1.165, 1.54) is 14.1 Å². The van der Waals surface area contributed by atoms with E-state index in [0.717, 1.165) is 15.4 Å². The number of carbonyl (C=O) groups excluding carboxylic acids is 2. The third-order valence-corrected chi connectivity index (χ3v) is 6.93. The fourth-order valence-corrected chi connectivity index (χ4v) is 4.13. The van der Waals surface area contributed by atoms with Crippen molar-refractivity contribution in [3.05, 3.63) is 23.3 Å². The zero-order chi connectivity index (χ0) is 23.6. The van der Waals surface area contributed by atoms with Gasteiger partial charge in [-0.1, -0.05) is 0 Å². The zero-order valence-electron chi connectivity index (χ0n) is 19.5. The van der Waals surface area contributed by atoms with Crippen molar-refractivity contribution in [3.63, 3.8) is 0 Å². The number of rotatable bonds is 5. The van der Waals surface area contributed by atoms with Crippen molar-refractivity contribution in [2.75, 3.05) is 52.1 Å². The van der Waals surface area contributed by atoms with E-state index in [2.05, 4.69) is 5.32 Å². The van der Waals surface area contributed by atoms with Gasteiger partial charge >= 0.3 is 6.09 Å². The number of nitrogens with one attached hydrogen (secondary N) is 1. The predicted octanol–water partition coefficient (Wildman–Crippen LogP) is 2.04. The van der Waals surface area contributed by atoms with Crippen molar-refractivity contribution in [3.8, 4) is 0 Å². The first-order valence-corrected chi connectivity index (χ1v) is 11.7. The number of amides is 2. The van der Waals surface area contributed by atoms with Crippen molar-refractivity contribution in [1.29, 1.82) is 0 Å². The van der Waals surface area contributed by atoms with Gasteiger partial charge in [0.15, 0.2) is 0 Å². The first-order chi connectivity index (χ1) is 14.2. The molecule has 1 aliphatic heterocycles. The van der Waals surface area contributed by atoms with Crippen LogP contribution in [0.4, 0.5) is 10.5 Å². The molecular weight excluding hydrogens is 420 g/mol. The fraction of sp³-hybridized carbons (Fsp3) is 0.619. The van der Waals surface area contributed by atoms with Crippen LogP contribution < -0.4 is 5.32 Å². The molecule has 0 radical (unpaired) electrons. The molecule has 31 heavy (non-hydrogen) atoms. The van der Waals surface area contributed by atoms with Crippen LogP contribution >= 0.6 is 0 Å². The summed E-state index contributed by atoms with van der Waals surface area (Å²) in [4.78, 5) is 28.3. The van der Waals surface area contributed by atoms with E-state index in [0.29, 0.717) is 31.9 Å². The van der Waals surface area contributed by atoms with Gasteiger partial charge in [-0.05, 0) is 57.9 Å². The summed E-state index contributed by atoms with van der Waals surface area (Å²) < 4.78 is 31.5. The standard InChI is InChI=1S/C21H34N4O5S/c1-15-12-17(31(28,29)23(6)7)13-18(16(15)2)22-14-19(26)24-8-10-25(11-9-24)20(27)30-21(3,4)5/h12-13,22H,8-11,14H2,1-7H3. The van der Waals surface area contributed by atoms with Gasteiger partial charge in [0, 0.05) is 46.0 Å². The number of hydrogen-bond donors (Lipinski definition) is 1. The Labute approximate surface area is 185 Å². The van der Waals surface area contributed by atoms with E-state index < -0.39 is 15.6 Å². The van der Waals surface area contributed by atoms with Crippen molar-refractivity contribution < 1.29 is 22.7 Å². The minimum absolute atomic E-state index is 0.0399. The molecule has 0 spiro atoms. The van der Waals surface area contributed by atoms with Crippen LogP contribution in [-0.4, -0.2) is 86.9 Å². The molecule has 0 bridgehead atoms. The molecule has 1 aromatic carbocycles. The van der Waals surface area contributed by atoms with Crippen LogP contribution in [0.3, 0.4) is 0 Å². The second-order valence-electron chi connectivity index (χ2n) is 8.90. The Kier molecular flexibility index (Phi) is 7.59. The van der Waals surface area contributed by atoms with Crippen molar-refractivity contribution in [2.24, 2.45) is 0 Å². The van der Waals surface area contributed by atoms with Crippen LogP contribution in [0.5, 0.6) is 0 Å². The lowest BCUT2D eigenvalue weighted by Gasteiger charge is -2.35. The van der Waals surface area contributed by atoms with Crippen molar-refractivity contribution in [1.82, 2.24) is 14.1 Å². The van der Waals surface area contributed by atoms with Crippen molar-refractivity contribution in [2.45, 2.75) is 45.1 Å². The normalized spacial score (nSPS) is 15.2. The van der Waals surface area contributed by atoms with Gasteiger partial charge in [-0.15, -0.1) is 0 Å². The maximum absolute atomic E-state index is 12.7. The fourth-order valence-electron chi connectivity index (χ4n) is 3.12. The number of hydrogen-bond acceptors (Lipinski definition) is 6. The second kappa shape index (κ2) is 9.44. The van der Waals surface area contributed by atoms with Gasteiger partial charge in [-0.3, -0.25) is 4.79 Å².